The van der Waals surface area contributed by atoms with Gasteiger partial charge in [-0.05, 0) is 43.9 Å². The van der Waals surface area contributed by atoms with Crippen LogP contribution < -0.4 is 0 Å². The second kappa shape index (κ2) is 11.8. The maximum Gasteiger partial charge on any atom is 0.317 e. The molecule has 162 valence electrons. The van der Waals surface area contributed by atoms with Crippen LogP contribution in [0, 0.1) is 11.8 Å². The SMILES string of the molecule is CC(=O)SC(CC(C)CC1CC(SC2CCCCC2)CN1CC(=O)O)C(C)C. The number of aliphatic carboxylic acids is 1. The van der Waals surface area contributed by atoms with E-state index >= 15 is 0 Å². The van der Waals surface area contributed by atoms with E-state index in [0.29, 0.717) is 28.4 Å². The monoisotopic (exact) mass is 429 g/mol. The Balaban J connectivity index is 1.91. The van der Waals surface area contributed by atoms with Crippen LogP contribution in [-0.4, -0.2) is 56.0 Å². The maximum absolute atomic E-state index is 11.6. The van der Waals surface area contributed by atoms with Gasteiger partial charge in [-0.3, -0.25) is 14.5 Å². The number of carbonyl (C=O) groups is 2. The summed E-state index contributed by atoms with van der Waals surface area (Å²) >= 11 is 3.61. The molecule has 28 heavy (non-hydrogen) atoms. The van der Waals surface area contributed by atoms with Crippen LogP contribution in [0.3, 0.4) is 0 Å². The summed E-state index contributed by atoms with van der Waals surface area (Å²) in [6.45, 7) is 9.39. The molecule has 0 radical (unpaired) electrons. The molecule has 0 aromatic heterocycles. The lowest BCUT2D eigenvalue weighted by Crippen LogP contribution is -2.36. The molecule has 4 atom stereocenters. The van der Waals surface area contributed by atoms with E-state index < -0.39 is 5.97 Å². The Hall–Kier alpha value is -0.200. The Labute approximate surface area is 180 Å². The third-order valence-corrected chi connectivity index (χ3v) is 9.09. The number of carboxylic acids is 1. The highest BCUT2D eigenvalue weighted by atomic mass is 32.2. The van der Waals surface area contributed by atoms with Gasteiger partial charge in [-0.25, -0.2) is 0 Å². The number of carboxylic acid groups (broad SMARTS) is 1. The van der Waals surface area contributed by atoms with Crippen LogP contribution in [-0.2, 0) is 9.59 Å². The van der Waals surface area contributed by atoms with Crippen molar-refractivity contribution < 1.29 is 14.7 Å². The van der Waals surface area contributed by atoms with Crippen LogP contribution in [0.4, 0.5) is 0 Å². The molecule has 4 unspecified atom stereocenters. The quantitative estimate of drug-likeness (QED) is 0.508. The summed E-state index contributed by atoms with van der Waals surface area (Å²) in [5.74, 6) is 0.261. The van der Waals surface area contributed by atoms with Crippen molar-refractivity contribution in [3.8, 4) is 0 Å². The summed E-state index contributed by atoms with van der Waals surface area (Å²) in [7, 11) is 0. The largest absolute Gasteiger partial charge is 0.480 e. The first-order valence-corrected chi connectivity index (χ1v) is 12.8. The predicted molar refractivity (Wildman–Crippen MR) is 121 cm³/mol. The molecule has 2 aliphatic rings. The molecule has 1 saturated heterocycles. The van der Waals surface area contributed by atoms with Gasteiger partial charge >= 0.3 is 5.97 Å². The van der Waals surface area contributed by atoms with Gasteiger partial charge in [0, 0.05) is 35.3 Å². The fraction of sp³-hybridized carbons (Fsp3) is 0.909. The first kappa shape index (κ1) is 24.1. The van der Waals surface area contributed by atoms with E-state index in [4.69, 9.17) is 0 Å². The number of likely N-dealkylation sites (tertiary alicyclic amines) is 1. The summed E-state index contributed by atoms with van der Waals surface area (Å²) in [4.78, 5) is 25.2. The van der Waals surface area contributed by atoms with Gasteiger partial charge in [0.1, 0.15) is 0 Å². The molecule has 0 amide bonds. The summed E-state index contributed by atoms with van der Waals surface area (Å²) in [6.07, 6.45) is 9.94. The van der Waals surface area contributed by atoms with Crippen LogP contribution in [0.5, 0.6) is 0 Å². The fourth-order valence-corrected chi connectivity index (χ4v) is 7.63. The zero-order valence-corrected chi connectivity index (χ0v) is 19.7. The predicted octanol–water partition coefficient (Wildman–Crippen LogP) is 5.30. The van der Waals surface area contributed by atoms with Gasteiger partial charge in [-0.2, -0.15) is 11.8 Å². The number of rotatable bonds is 10. The van der Waals surface area contributed by atoms with Crippen molar-refractivity contribution in [2.24, 2.45) is 11.8 Å². The molecule has 0 aromatic carbocycles. The first-order valence-electron chi connectivity index (χ1n) is 11.0. The molecule has 4 nitrogen and oxygen atoms in total. The summed E-state index contributed by atoms with van der Waals surface area (Å²) in [6, 6.07) is 0.363. The van der Waals surface area contributed by atoms with Crippen molar-refractivity contribution in [1.82, 2.24) is 4.90 Å². The normalized spacial score (nSPS) is 26.5. The number of hydrogen-bond donors (Lipinski definition) is 1. The van der Waals surface area contributed by atoms with Gasteiger partial charge in [0.25, 0.3) is 0 Å². The Morgan fingerprint density at radius 2 is 1.79 bits per heavy atom. The minimum absolute atomic E-state index is 0.162. The number of carbonyl (C=O) groups excluding carboxylic acids is 1. The minimum Gasteiger partial charge on any atom is -0.480 e. The molecular formula is C22H39NO3S2. The molecule has 1 aliphatic heterocycles. The second-order valence-corrected chi connectivity index (χ2v) is 12.2. The molecule has 2 rings (SSSR count). The van der Waals surface area contributed by atoms with Crippen LogP contribution >= 0.6 is 23.5 Å². The second-order valence-electron chi connectivity index (χ2n) is 9.20. The molecule has 0 spiro atoms. The minimum atomic E-state index is -0.715. The average Bonchev–Trinajstić information content (AvgIpc) is 2.94. The van der Waals surface area contributed by atoms with Crippen molar-refractivity contribution >= 4 is 34.6 Å². The summed E-state index contributed by atoms with van der Waals surface area (Å²) in [5.41, 5.74) is 0. The molecule has 1 heterocycles. The van der Waals surface area contributed by atoms with Gasteiger partial charge in [-0.1, -0.05) is 51.8 Å². The van der Waals surface area contributed by atoms with E-state index in [0.717, 1.165) is 31.1 Å². The zero-order chi connectivity index (χ0) is 20.7. The summed E-state index contributed by atoms with van der Waals surface area (Å²) in [5, 5.41) is 11.3. The Bertz CT molecular complexity index is 508. The molecule has 0 aromatic rings. The average molecular weight is 430 g/mol. The van der Waals surface area contributed by atoms with Gasteiger partial charge in [-0.15, -0.1) is 0 Å². The molecule has 0 bridgehead atoms. The van der Waals surface area contributed by atoms with E-state index in [9.17, 15) is 14.7 Å². The van der Waals surface area contributed by atoms with E-state index in [2.05, 4.69) is 37.4 Å². The van der Waals surface area contributed by atoms with Crippen LogP contribution in [0.15, 0.2) is 0 Å². The molecule has 6 heteroatoms. The van der Waals surface area contributed by atoms with E-state index in [1.165, 1.54) is 43.9 Å². The van der Waals surface area contributed by atoms with Crippen molar-refractivity contribution in [2.75, 3.05) is 13.1 Å². The molecule has 1 saturated carbocycles. The van der Waals surface area contributed by atoms with E-state index in [1.54, 1.807) is 6.92 Å². The Morgan fingerprint density at radius 1 is 1.11 bits per heavy atom. The van der Waals surface area contributed by atoms with E-state index in [-0.39, 0.29) is 11.7 Å². The zero-order valence-electron chi connectivity index (χ0n) is 18.1. The first-order chi connectivity index (χ1) is 13.2. The summed E-state index contributed by atoms with van der Waals surface area (Å²) < 4.78 is 0. The van der Waals surface area contributed by atoms with Crippen molar-refractivity contribution in [3.63, 3.8) is 0 Å². The van der Waals surface area contributed by atoms with E-state index in [1.807, 2.05) is 0 Å². The topological polar surface area (TPSA) is 57.6 Å². The highest BCUT2D eigenvalue weighted by Crippen LogP contribution is 2.38. The van der Waals surface area contributed by atoms with Crippen LogP contribution in [0.1, 0.15) is 79.1 Å². The number of nitrogens with zero attached hydrogens (tertiary/aromatic N) is 1. The van der Waals surface area contributed by atoms with Gasteiger partial charge in [0.2, 0.25) is 0 Å². The standard InChI is InChI=1S/C22H39NO3S2/c1-15(2)21(27-17(4)24)11-16(3)10-18-12-20(13-23(18)14-22(25)26)28-19-8-6-5-7-9-19/h15-16,18-21H,5-14H2,1-4H3,(H,25,26). The number of hydrogen-bond acceptors (Lipinski definition) is 5. The van der Waals surface area contributed by atoms with Crippen LogP contribution in [0.2, 0.25) is 0 Å². The Morgan fingerprint density at radius 3 is 2.36 bits per heavy atom. The number of thioether (sulfide) groups is 2. The lowest BCUT2D eigenvalue weighted by molar-refractivity contribution is -0.138. The van der Waals surface area contributed by atoms with Crippen molar-refractivity contribution in [2.45, 2.75) is 101 Å². The van der Waals surface area contributed by atoms with Crippen molar-refractivity contribution in [1.29, 1.82) is 0 Å². The third kappa shape index (κ3) is 8.27. The van der Waals surface area contributed by atoms with Crippen molar-refractivity contribution in [3.05, 3.63) is 0 Å². The van der Waals surface area contributed by atoms with Crippen LogP contribution in [0.25, 0.3) is 0 Å². The molecule has 1 aliphatic carbocycles. The van der Waals surface area contributed by atoms with Gasteiger partial charge in [0.05, 0.1) is 6.54 Å². The highest BCUT2D eigenvalue weighted by molar-refractivity contribution is 8.14. The van der Waals surface area contributed by atoms with Gasteiger partial charge in [0.15, 0.2) is 5.12 Å². The maximum atomic E-state index is 11.6. The third-order valence-electron chi connectivity index (χ3n) is 6.13. The fourth-order valence-electron chi connectivity index (χ4n) is 4.75. The lowest BCUT2D eigenvalue weighted by atomic mass is 9.92. The lowest BCUT2D eigenvalue weighted by Gasteiger charge is -2.28. The molecular weight excluding hydrogens is 390 g/mol. The highest BCUT2D eigenvalue weighted by Gasteiger charge is 2.36. The Kier molecular flexibility index (Phi) is 10.2. The molecule has 1 N–H and O–H groups in total. The smallest absolute Gasteiger partial charge is 0.317 e. The molecule has 2 fully saturated rings. The van der Waals surface area contributed by atoms with Gasteiger partial charge < -0.3 is 5.11 Å².